The maximum Gasteiger partial charge on any atom is 0.0569 e. The van der Waals surface area contributed by atoms with Gasteiger partial charge >= 0.3 is 0 Å². The van der Waals surface area contributed by atoms with Crippen LogP contribution in [0, 0.1) is 0 Å². The average Bonchev–Trinajstić information content (AvgIpc) is 2.95. The van der Waals surface area contributed by atoms with Gasteiger partial charge in [-0.15, -0.1) is 0 Å². The minimum atomic E-state index is 0.779. The first-order valence-electron chi connectivity index (χ1n) is 6.59. The summed E-state index contributed by atoms with van der Waals surface area (Å²) in [4.78, 5) is 4.02. The van der Waals surface area contributed by atoms with Crippen molar-refractivity contribution in [2.75, 3.05) is 5.73 Å². The highest BCUT2D eigenvalue weighted by molar-refractivity contribution is 5.75. The summed E-state index contributed by atoms with van der Waals surface area (Å²) in [5, 5.41) is 4.39. The van der Waals surface area contributed by atoms with Crippen LogP contribution >= 0.6 is 0 Å². The van der Waals surface area contributed by atoms with E-state index in [1.807, 2.05) is 65.9 Å². The van der Waals surface area contributed by atoms with Crippen LogP contribution in [0.4, 0.5) is 5.69 Å². The number of nitrogens with two attached hydrogens (primary N) is 1. The highest BCUT2D eigenvalue weighted by Crippen LogP contribution is 2.24. The summed E-state index contributed by atoms with van der Waals surface area (Å²) in [5.41, 5.74) is 10.1. The molecule has 0 fully saturated rings. The Labute approximate surface area is 117 Å². The number of anilines is 1. The smallest absolute Gasteiger partial charge is 0.0569 e. The van der Waals surface area contributed by atoms with Crippen LogP contribution in [0.15, 0.2) is 61.2 Å². The molecule has 2 heterocycles. The van der Waals surface area contributed by atoms with Crippen LogP contribution in [0.2, 0.25) is 0 Å². The highest BCUT2D eigenvalue weighted by atomic mass is 15.3. The third-order valence-corrected chi connectivity index (χ3v) is 3.28. The van der Waals surface area contributed by atoms with Crippen molar-refractivity contribution in [3.05, 3.63) is 66.7 Å². The SMILES string of the molecule is Nc1ccccc1-c1cnn(CCc2ccncc2)c1. The molecule has 20 heavy (non-hydrogen) atoms. The Hall–Kier alpha value is -2.62. The second-order valence-corrected chi connectivity index (χ2v) is 4.68. The van der Waals surface area contributed by atoms with Gasteiger partial charge in [-0.1, -0.05) is 18.2 Å². The van der Waals surface area contributed by atoms with Gasteiger partial charge < -0.3 is 5.73 Å². The lowest BCUT2D eigenvalue weighted by atomic mass is 10.1. The van der Waals surface area contributed by atoms with E-state index in [0.717, 1.165) is 29.8 Å². The van der Waals surface area contributed by atoms with Crippen LogP contribution in [0.5, 0.6) is 0 Å². The summed E-state index contributed by atoms with van der Waals surface area (Å²) < 4.78 is 1.95. The Morgan fingerprint density at radius 2 is 1.85 bits per heavy atom. The molecule has 0 saturated carbocycles. The van der Waals surface area contributed by atoms with Gasteiger partial charge in [0.2, 0.25) is 0 Å². The van der Waals surface area contributed by atoms with E-state index in [9.17, 15) is 0 Å². The molecule has 3 rings (SSSR count). The number of nitrogen functional groups attached to an aromatic ring is 1. The number of benzene rings is 1. The molecule has 0 unspecified atom stereocenters. The second-order valence-electron chi connectivity index (χ2n) is 4.68. The van der Waals surface area contributed by atoms with Gasteiger partial charge in [0.25, 0.3) is 0 Å². The molecule has 0 aliphatic heterocycles. The molecule has 2 aromatic heterocycles. The molecule has 1 aromatic carbocycles. The van der Waals surface area contributed by atoms with Crippen LogP contribution in [-0.2, 0) is 13.0 Å². The molecule has 100 valence electrons. The van der Waals surface area contributed by atoms with Crippen molar-refractivity contribution >= 4 is 5.69 Å². The quantitative estimate of drug-likeness (QED) is 0.737. The molecule has 4 nitrogen and oxygen atoms in total. The van der Waals surface area contributed by atoms with Crippen LogP contribution in [0.1, 0.15) is 5.56 Å². The van der Waals surface area contributed by atoms with Crippen molar-refractivity contribution in [2.45, 2.75) is 13.0 Å². The molecule has 3 aromatic rings. The summed E-state index contributed by atoms with van der Waals surface area (Å²) in [5.74, 6) is 0. The molecule has 0 atom stereocenters. The Morgan fingerprint density at radius 1 is 1.05 bits per heavy atom. The fourth-order valence-corrected chi connectivity index (χ4v) is 2.18. The van der Waals surface area contributed by atoms with Crippen LogP contribution in [-0.4, -0.2) is 14.8 Å². The van der Waals surface area contributed by atoms with E-state index in [1.54, 1.807) is 0 Å². The standard InChI is InChI=1S/C16H16N4/c17-16-4-2-1-3-15(16)14-11-19-20(12-14)10-7-13-5-8-18-9-6-13/h1-6,8-9,11-12H,7,10,17H2. The van der Waals surface area contributed by atoms with Gasteiger partial charge in [0.1, 0.15) is 0 Å². The third-order valence-electron chi connectivity index (χ3n) is 3.28. The van der Waals surface area contributed by atoms with E-state index in [-0.39, 0.29) is 0 Å². The molecular weight excluding hydrogens is 248 g/mol. The summed E-state index contributed by atoms with van der Waals surface area (Å²) in [6.45, 7) is 0.844. The zero-order valence-corrected chi connectivity index (χ0v) is 11.1. The number of hydrogen-bond acceptors (Lipinski definition) is 3. The van der Waals surface area contributed by atoms with Gasteiger partial charge in [0.05, 0.1) is 6.20 Å². The minimum Gasteiger partial charge on any atom is -0.398 e. The zero-order valence-electron chi connectivity index (χ0n) is 11.1. The van der Waals surface area contributed by atoms with Crippen molar-refractivity contribution in [2.24, 2.45) is 0 Å². The molecule has 0 saturated heterocycles. The molecule has 0 bridgehead atoms. The summed E-state index contributed by atoms with van der Waals surface area (Å²) >= 11 is 0. The van der Waals surface area contributed by atoms with Gasteiger partial charge in [-0.2, -0.15) is 5.10 Å². The summed E-state index contributed by atoms with van der Waals surface area (Å²) in [6, 6.07) is 11.9. The predicted molar refractivity (Wildman–Crippen MR) is 80.0 cm³/mol. The predicted octanol–water partition coefficient (Wildman–Crippen LogP) is 2.77. The van der Waals surface area contributed by atoms with Crippen LogP contribution in [0.3, 0.4) is 0 Å². The molecule has 0 radical (unpaired) electrons. The fraction of sp³-hybridized carbons (Fsp3) is 0.125. The number of para-hydroxylation sites is 1. The van der Waals surface area contributed by atoms with E-state index in [4.69, 9.17) is 5.73 Å². The Kier molecular flexibility index (Phi) is 3.46. The largest absolute Gasteiger partial charge is 0.398 e. The van der Waals surface area contributed by atoms with Crippen molar-refractivity contribution in [1.29, 1.82) is 0 Å². The average molecular weight is 264 g/mol. The number of rotatable bonds is 4. The minimum absolute atomic E-state index is 0.779. The maximum atomic E-state index is 5.98. The van der Waals surface area contributed by atoms with E-state index < -0.39 is 0 Å². The zero-order chi connectivity index (χ0) is 13.8. The van der Waals surface area contributed by atoms with E-state index >= 15 is 0 Å². The van der Waals surface area contributed by atoms with Crippen LogP contribution < -0.4 is 5.73 Å². The molecule has 0 aliphatic rings. The maximum absolute atomic E-state index is 5.98. The first-order chi connectivity index (χ1) is 9.83. The molecular formula is C16H16N4. The molecule has 0 amide bonds. The molecule has 0 spiro atoms. The van der Waals surface area contributed by atoms with Crippen molar-refractivity contribution in [3.63, 3.8) is 0 Å². The second kappa shape index (κ2) is 5.57. The van der Waals surface area contributed by atoms with Gasteiger partial charge in [0.15, 0.2) is 0 Å². The van der Waals surface area contributed by atoms with E-state index in [2.05, 4.69) is 10.1 Å². The van der Waals surface area contributed by atoms with Crippen molar-refractivity contribution in [3.8, 4) is 11.1 Å². The van der Waals surface area contributed by atoms with E-state index in [0.29, 0.717) is 0 Å². The topological polar surface area (TPSA) is 56.7 Å². The van der Waals surface area contributed by atoms with E-state index in [1.165, 1.54) is 5.56 Å². The Balaban J connectivity index is 1.73. The lowest BCUT2D eigenvalue weighted by Crippen LogP contribution is -2.01. The Morgan fingerprint density at radius 3 is 2.65 bits per heavy atom. The molecule has 4 heteroatoms. The third kappa shape index (κ3) is 2.69. The number of nitrogens with zero attached hydrogens (tertiary/aromatic N) is 3. The lowest BCUT2D eigenvalue weighted by Gasteiger charge is -2.02. The van der Waals surface area contributed by atoms with Gasteiger partial charge in [-0.3, -0.25) is 9.67 Å². The first-order valence-corrected chi connectivity index (χ1v) is 6.59. The van der Waals surface area contributed by atoms with Gasteiger partial charge in [-0.05, 0) is 30.2 Å². The van der Waals surface area contributed by atoms with Gasteiger partial charge in [-0.25, -0.2) is 0 Å². The molecule has 2 N–H and O–H groups in total. The highest BCUT2D eigenvalue weighted by Gasteiger charge is 2.04. The molecule has 0 aliphatic carbocycles. The number of pyridine rings is 1. The summed E-state index contributed by atoms with van der Waals surface area (Å²) in [7, 11) is 0. The lowest BCUT2D eigenvalue weighted by molar-refractivity contribution is 0.615. The van der Waals surface area contributed by atoms with Crippen molar-refractivity contribution in [1.82, 2.24) is 14.8 Å². The van der Waals surface area contributed by atoms with Crippen LogP contribution in [0.25, 0.3) is 11.1 Å². The number of hydrogen-bond donors (Lipinski definition) is 1. The first kappa shape index (κ1) is 12.4. The number of aryl methyl sites for hydroxylation is 2. The van der Waals surface area contributed by atoms with Gasteiger partial charge in [0, 0.05) is 41.9 Å². The summed E-state index contributed by atoms with van der Waals surface area (Å²) in [6.07, 6.45) is 8.46. The van der Waals surface area contributed by atoms with Crippen molar-refractivity contribution < 1.29 is 0 Å². The monoisotopic (exact) mass is 264 g/mol. The Bertz CT molecular complexity index is 688. The number of aromatic nitrogens is 3. The normalized spacial score (nSPS) is 10.6. The fourth-order valence-electron chi connectivity index (χ4n) is 2.18.